The van der Waals surface area contributed by atoms with Gasteiger partial charge in [-0.1, -0.05) is 6.92 Å². The van der Waals surface area contributed by atoms with Gasteiger partial charge < -0.3 is 25.2 Å². The molecule has 2 unspecified atom stereocenters. The molecular weight excluding hydrogens is 252 g/mol. The molecule has 7 heteroatoms. The third kappa shape index (κ3) is 6.97. The lowest BCUT2D eigenvalue weighted by atomic mass is 10.2. The van der Waals surface area contributed by atoms with Crippen LogP contribution >= 0.6 is 0 Å². The minimum Gasteiger partial charge on any atom is -0.479 e. The number of urea groups is 1. The van der Waals surface area contributed by atoms with Gasteiger partial charge >= 0.3 is 12.0 Å². The standard InChI is InChI=1S/C12H24N2O5/c1-4-9(2)14(7-8-19-3)12(18)13-6-5-10(15)11(16)17/h9-10,15H,4-8H2,1-3H3,(H,13,18)(H,16,17). The van der Waals surface area contributed by atoms with Crippen molar-refractivity contribution in [2.24, 2.45) is 0 Å². The van der Waals surface area contributed by atoms with Gasteiger partial charge in [-0.2, -0.15) is 0 Å². The zero-order valence-electron chi connectivity index (χ0n) is 11.8. The highest BCUT2D eigenvalue weighted by Crippen LogP contribution is 2.04. The molecule has 2 amide bonds. The molecule has 0 aromatic carbocycles. The van der Waals surface area contributed by atoms with Crippen molar-refractivity contribution >= 4 is 12.0 Å². The van der Waals surface area contributed by atoms with Crippen molar-refractivity contribution in [1.29, 1.82) is 0 Å². The summed E-state index contributed by atoms with van der Waals surface area (Å²) in [7, 11) is 1.57. The first kappa shape index (κ1) is 17.7. The van der Waals surface area contributed by atoms with Gasteiger partial charge in [0.1, 0.15) is 0 Å². The first-order valence-electron chi connectivity index (χ1n) is 6.38. The molecule has 0 aromatic heterocycles. The van der Waals surface area contributed by atoms with E-state index in [9.17, 15) is 9.59 Å². The van der Waals surface area contributed by atoms with Gasteiger partial charge in [-0.3, -0.25) is 0 Å². The van der Waals surface area contributed by atoms with Crippen LogP contribution in [0.2, 0.25) is 0 Å². The molecule has 0 aliphatic rings. The van der Waals surface area contributed by atoms with E-state index >= 15 is 0 Å². The molecule has 7 nitrogen and oxygen atoms in total. The molecule has 0 aliphatic carbocycles. The van der Waals surface area contributed by atoms with Crippen molar-refractivity contribution in [1.82, 2.24) is 10.2 Å². The van der Waals surface area contributed by atoms with Crippen LogP contribution < -0.4 is 5.32 Å². The van der Waals surface area contributed by atoms with Crippen molar-refractivity contribution < 1.29 is 24.5 Å². The van der Waals surface area contributed by atoms with Gasteiger partial charge in [0.05, 0.1) is 6.61 Å². The molecule has 2 atom stereocenters. The van der Waals surface area contributed by atoms with Gasteiger partial charge in [0.25, 0.3) is 0 Å². The summed E-state index contributed by atoms with van der Waals surface area (Å²) < 4.78 is 4.95. The Hall–Kier alpha value is -1.34. The summed E-state index contributed by atoms with van der Waals surface area (Å²) in [5.74, 6) is -1.28. The van der Waals surface area contributed by atoms with Gasteiger partial charge in [0.15, 0.2) is 6.10 Å². The highest BCUT2D eigenvalue weighted by atomic mass is 16.5. The van der Waals surface area contributed by atoms with Crippen LogP contribution in [0, 0.1) is 0 Å². The van der Waals surface area contributed by atoms with Crippen molar-refractivity contribution in [3.8, 4) is 0 Å². The molecule has 0 heterocycles. The molecule has 0 saturated heterocycles. The molecular formula is C12H24N2O5. The van der Waals surface area contributed by atoms with Crippen LogP contribution in [-0.4, -0.2) is 66.1 Å². The second-order valence-electron chi connectivity index (χ2n) is 4.32. The minimum atomic E-state index is -1.45. The number of carbonyl (C=O) groups excluding carboxylic acids is 1. The first-order chi connectivity index (χ1) is 8.93. The first-order valence-corrected chi connectivity index (χ1v) is 6.38. The highest BCUT2D eigenvalue weighted by molar-refractivity contribution is 5.75. The van der Waals surface area contributed by atoms with Crippen LogP contribution in [0.25, 0.3) is 0 Å². The Labute approximate surface area is 113 Å². The highest BCUT2D eigenvalue weighted by Gasteiger charge is 2.19. The van der Waals surface area contributed by atoms with Crippen LogP contribution in [0.4, 0.5) is 4.79 Å². The lowest BCUT2D eigenvalue weighted by Gasteiger charge is -2.28. The number of aliphatic hydroxyl groups is 1. The Balaban J connectivity index is 4.20. The van der Waals surface area contributed by atoms with E-state index < -0.39 is 12.1 Å². The molecule has 0 fully saturated rings. The van der Waals surface area contributed by atoms with E-state index in [0.29, 0.717) is 13.2 Å². The number of aliphatic carboxylic acids is 1. The number of methoxy groups -OCH3 is 1. The quantitative estimate of drug-likeness (QED) is 0.561. The number of nitrogens with one attached hydrogen (secondary N) is 1. The number of carboxylic acid groups (broad SMARTS) is 1. The van der Waals surface area contributed by atoms with E-state index in [2.05, 4.69) is 5.32 Å². The number of hydrogen-bond acceptors (Lipinski definition) is 4. The van der Waals surface area contributed by atoms with E-state index in [1.54, 1.807) is 12.0 Å². The molecule has 0 aliphatic heterocycles. The molecule has 0 aromatic rings. The van der Waals surface area contributed by atoms with Crippen LogP contribution in [-0.2, 0) is 9.53 Å². The third-order valence-corrected chi connectivity index (χ3v) is 2.90. The molecule has 0 bridgehead atoms. The fourth-order valence-electron chi connectivity index (χ4n) is 1.47. The van der Waals surface area contributed by atoms with Crippen molar-refractivity contribution in [3.63, 3.8) is 0 Å². The topological polar surface area (TPSA) is 99.1 Å². The number of carbonyl (C=O) groups is 2. The van der Waals surface area contributed by atoms with Gasteiger partial charge in [0.2, 0.25) is 0 Å². The molecule has 0 radical (unpaired) electrons. The average Bonchev–Trinajstić information content (AvgIpc) is 2.38. The summed E-state index contributed by atoms with van der Waals surface area (Å²) in [4.78, 5) is 24.0. The predicted molar refractivity (Wildman–Crippen MR) is 70.0 cm³/mol. The summed E-state index contributed by atoms with van der Waals surface area (Å²) in [6, 6.07) is -0.205. The van der Waals surface area contributed by atoms with Crippen molar-refractivity contribution in [2.75, 3.05) is 26.8 Å². The van der Waals surface area contributed by atoms with E-state index in [0.717, 1.165) is 6.42 Å². The van der Waals surface area contributed by atoms with Crippen molar-refractivity contribution in [3.05, 3.63) is 0 Å². The maximum Gasteiger partial charge on any atom is 0.332 e. The maximum absolute atomic E-state index is 11.9. The number of ether oxygens (including phenoxy) is 1. The Kier molecular flexibility index (Phi) is 8.90. The van der Waals surface area contributed by atoms with Crippen molar-refractivity contribution in [2.45, 2.75) is 38.8 Å². The normalized spacial score (nSPS) is 13.7. The fraction of sp³-hybridized carbons (Fsp3) is 0.833. The SMILES string of the molecule is CCC(C)N(CCOC)C(=O)NCCC(O)C(=O)O. The van der Waals surface area contributed by atoms with Crippen LogP contribution in [0.5, 0.6) is 0 Å². The van der Waals surface area contributed by atoms with E-state index in [1.165, 1.54) is 0 Å². The Morgan fingerprint density at radius 1 is 1.42 bits per heavy atom. The number of hydrogen-bond donors (Lipinski definition) is 3. The fourth-order valence-corrected chi connectivity index (χ4v) is 1.47. The molecule has 19 heavy (non-hydrogen) atoms. The Bertz CT molecular complexity index is 285. The maximum atomic E-state index is 11.9. The summed E-state index contributed by atoms with van der Waals surface area (Å²) >= 11 is 0. The molecule has 112 valence electrons. The van der Waals surface area contributed by atoms with Crippen LogP contribution in [0.3, 0.4) is 0 Å². The second kappa shape index (κ2) is 9.57. The van der Waals surface area contributed by atoms with Gasteiger partial charge in [-0.05, 0) is 13.3 Å². The predicted octanol–water partition coefficient (Wildman–Crippen LogP) is 0.279. The zero-order valence-corrected chi connectivity index (χ0v) is 11.8. The monoisotopic (exact) mass is 276 g/mol. The smallest absolute Gasteiger partial charge is 0.332 e. The van der Waals surface area contributed by atoms with Gasteiger partial charge in [-0.25, -0.2) is 9.59 Å². The lowest BCUT2D eigenvalue weighted by Crippen LogP contribution is -2.47. The largest absolute Gasteiger partial charge is 0.479 e. The van der Waals surface area contributed by atoms with E-state index in [-0.39, 0.29) is 25.0 Å². The average molecular weight is 276 g/mol. The Morgan fingerprint density at radius 2 is 2.05 bits per heavy atom. The summed E-state index contributed by atoms with van der Waals surface area (Å²) in [5.41, 5.74) is 0. The number of rotatable bonds is 9. The van der Waals surface area contributed by atoms with E-state index in [4.69, 9.17) is 14.9 Å². The third-order valence-electron chi connectivity index (χ3n) is 2.90. The van der Waals surface area contributed by atoms with Crippen LogP contribution in [0.1, 0.15) is 26.7 Å². The Morgan fingerprint density at radius 3 is 2.53 bits per heavy atom. The minimum absolute atomic E-state index is 0.0142. The summed E-state index contributed by atoms with van der Waals surface area (Å²) in [6.45, 7) is 4.94. The number of nitrogens with zero attached hydrogens (tertiary/aromatic N) is 1. The number of amides is 2. The number of aliphatic hydroxyl groups excluding tert-OH is 1. The zero-order chi connectivity index (χ0) is 14.8. The van der Waals surface area contributed by atoms with Crippen LogP contribution in [0.15, 0.2) is 0 Å². The van der Waals surface area contributed by atoms with E-state index in [1.807, 2.05) is 13.8 Å². The van der Waals surface area contributed by atoms with Gasteiger partial charge in [-0.15, -0.1) is 0 Å². The molecule has 0 rings (SSSR count). The molecule has 0 spiro atoms. The summed E-state index contributed by atoms with van der Waals surface area (Å²) in [5, 5.41) is 20.2. The molecule has 0 saturated carbocycles. The second-order valence-corrected chi connectivity index (χ2v) is 4.32. The summed E-state index contributed by atoms with van der Waals surface area (Å²) in [6.07, 6.45) is -0.648. The van der Waals surface area contributed by atoms with Gasteiger partial charge in [0, 0.05) is 32.7 Å². The lowest BCUT2D eigenvalue weighted by molar-refractivity contribution is -0.146. The number of carboxylic acids is 1. The molecule has 3 N–H and O–H groups in total.